The smallest absolute Gasteiger partial charge is 0.253 e. The van der Waals surface area contributed by atoms with Crippen molar-refractivity contribution in [2.24, 2.45) is 0 Å². The van der Waals surface area contributed by atoms with E-state index in [1.807, 2.05) is 31.5 Å². The highest BCUT2D eigenvalue weighted by molar-refractivity contribution is 5.94. The number of carbonyl (C=O) groups is 1. The molecule has 3 aromatic rings. The number of nitrogens with one attached hydrogen (secondary N) is 1. The lowest BCUT2D eigenvalue weighted by Crippen LogP contribution is -2.43. The maximum atomic E-state index is 12.6. The number of aromatic nitrogens is 3. The fourth-order valence-corrected chi connectivity index (χ4v) is 3.90. The van der Waals surface area contributed by atoms with Gasteiger partial charge in [0.25, 0.3) is 5.91 Å². The molecule has 1 N–H and O–H groups in total. The Kier molecular flexibility index (Phi) is 5.24. The van der Waals surface area contributed by atoms with E-state index >= 15 is 0 Å². The molecule has 0 spiro atoms. The van der Waals surface area contributed by atoms with E-state index in [-0.39, 0.29) is 18.1 Å². The van der Waals surface area contributed by atoms with Crippen molar-refractivity contribution in [3.05, 3.63) is 66.0 Å². The van der Waals surface area contributed by atoms with Gasteiger partial charge in [-0.2, -0.15) is 0 Å². The Morgan fingerprint density at radius 1 is 1.16 bits per heavy atom. The number of aryl methyl sites for hydroxylation is 1. The molecule has 1 aliphatic carbocycles. The molecule has 1 aliphatic heterocycles. The Labute approximate surface area is 180 Å². The predicted octanol–water partition coefficient (Wildman–Crippen LogP) is 3.51. The van der Waals surface area contributed by atoms with Gasteiger partial charge in [-0.15, -0.1) is 0 Å². The van der Waals surface area contributed by atoms with E-state index in [0.29, 0.717) is 24.4 Å². The van der Waals surface area contributed by atoms with Gasteiger partial charge < -0.3 is 14.8 Å². The van der Waals surface area contributed by atoms with Gasteiger partial charge in [-0.3, -0.25) is 9.78 Å². The first-order valence-electron chi connectivity index (χ1n) is 10.6. The molecular formula is C24H24N4O3. The minimum Gasteiger partial charge on any atom is -0.491 e. The Balaban J connectivity index is 1.47. The number of hydrogen-bond acceptors (Lipinski definition) is 6. The largest absolute Gasteiger partial charge is 0.491 e. The Bertz CT molecular complexity index is 1080. The number of ether oxygens (including phenoxy) is 2. The zero-order valence-electron chi connectivity index (χ0n) is 17.4. The first kappa shape index (κ1) is 19.5. The number of nitrogens with zero attached hydrogens (tertiary/aromatic N) is 3. The molecule has 1 fully saturated rings. The molecule has 5 rings (SSSR count). The lowest BCUT2D eigenvalue weighted by atomic mass is 9.92. The molecule has 1 aromatic carbocycles. The summed E-state index contributed by atoms with van der Waals surface area (Å²) in [7, 11) is 0. The highest BCUT2D eigenvalue weighted by Crippen LogP contribution is 2.42. The zero-order chi connectivity index (χ0) is 21.2. The van der Waals surface area contributed by atoms with Crippen molar-refractivity contribution in [3.8, 4) is 22.6 Å². The van der Waals surface area contributed by atoms with Crippen LogP contribution in [0.25, 0.3) is 11.1 Å². The van der Waals surface area contributed by atoms with Crippen LogP contribution in [-0.2, 0) is 6.42 Å². The van der Waals surface area contributed by atoms with Crippen LogP contribution in [0.15, 0.2) is 49.1 Å². The van der Waals surface area contributed by atoms with Crippen LogP contribution in [0, 0.1) is 6.92 Å². The van der Waals surface area contributed by atoms with Crippen molar-refractivity contribution in [2.75, 3.05) is 6.61 Å². The number of fused-ring (bicyclic) bond motifs is 1. The highest BCUT2D eigenvalue weighted by atomic mass is 16.5. The molecule has 0 saturated heterocycles. The summed E-state index contributed by atoms with van der Waals surface area (Å²) in [6.07, 6.45) is 11.1. The van der Waals surface area contributed by atoms with Crippen LogP contribution in [-0.4, -0.2) is 39.6 Å². The van der Waals surface area contributed by atoms with Crippen molar-refractivity contribution in [3.63, 3.8) is 0 Å². The molecule has 1 amide bonds. The first-order valence-corrected chi connectivity index (χ1v) is 10.6. The van der Waals surface area contributed by atoms with Gasteiger partial charge in [0.05, 0.1) is 17.7 Å². The van der Waals surface area contributed by atoms with Gasteiger partial charge in [-0.1, -0.05) is 0 Å². The van der Waals surface area contributed by atoms with Crippen LogP contribution < -0.4 is 14.8 Å². The number of pyridine rings is 1. The van der Waals surface area contributed by atoms with Gasteiger partial charge in [0, 0.05) is 47.9 Å². The normalized spacial score (nSPS) is 17.8. The Morgan fingerprint density at radius 3 is 2.71 bits per heavy atom. The van der Waals surface area contributed by atoms with Crippen molar-refractivity contribution in [2.45, 2.75) is 44.8 Å². The van der Waals surface area contributed by atoms with Crippen LogP contribution in [0.1, 0.15) is 41.0 Å². The SMILES string of the molecule is Cc1ncc(-c2c(OC3CCC3)ccc3c2C[C@H](NC(=O)c2cccnc2)CO3)cn1. The average molecular weight is 416 g/mol. The molecule has 0 unspecified atom stereocenters. The Hall–Kier alpha value is -3.48. The molecule has 0 bridgehead atoms. The van der Waals surface area contributed by atoms with Gasteiger partial charge in [0.1, 0.15) is 23.9 Å². The average Bonchev–Trinajstić information content (AvgIpc) is 2.77. The monoisotopic (exact) mass is 416 g/mol. The molecule has 7 nitrogen and oxygen atoms in total. The maximum absolute atomic E-state index is 12.6. The van der Waals surface area contributed by atoms with Gasteiger partial charge in [0.15, 0.2) is 0 Å². The van der Waals surface area contributed by atoms with Crippen molar-refractivity contribution in [1.82, 2.24) is 20.3 Å². The molecule has 1 atom stereocenters. The van der Waals surface area contributed by atoms with E-state index in [2.05, 4.69) is 20.3 Å². The summed E-state index contributed by atoms with van der Waals surface area (Å²) in [4.78, 5) is 25.4. The molecule has 1 saturated carbocycles. The van der Waals surface area contributed by atoms with Crippen molar-refractivity contribution < 1.29 is 14.3 Å². The third-order valence-electron chi connectivity index (χ3n) is 5.80. The van der Waals surface area contributed by atoms with Crippen molar-refractivity contribution >= 4 is 5.91 Å². The van der Waals surface area contributed by atoms with E-state index in [1.54, 1.807) is 24.5 Å². The van der Waals surface area contributed by atoms with Gasteiger partial charge in [-0.05, 0) is 50.5 Å². The maximum Gasteiger partial charge on any atom is 0.253 e. The minimum atomic E-state index is -0.163. The van der Waals surface area contributed by atoms with E-state index < -0.39 is 0 Å². The van der Waals surface area contributed by atoms with Crippen LogP contribution in [0.2, 0.25) is 0 Å². The minimum absolute atomic E-state index is 0.160. The third kappa shape index (κ3) is 4.08. The summed E-state index contributed by atoms with van der Waals surface area (Å²) < 4.78 is 12.3. The highest BCUT2D eigenvalue weighted by Gasteiger charge is 2.29. The van der Waals surface area contributed by atoms with Crippen LogP contribution in [0.5, 0.6) is 11.5 Å². The summed E-state index contributed by atoms with van der Waals surface area (Å²) in [6.45, 7) is 2.27. The number of rotatable bonds is 5. The van der Waals surface area contributed by atoms with Gasteiger partial charge >= 0.3 is 0 Å². The predicted molar refractivity (Wildman–Crippen MR) is 115 cm³/mol. The lowest BCUT2D eigenvalue weighted by Gasteiger charge is -2.31. The lowest BCUT2D eigenvalue weighted by molar-refractivity contribution is 0.0915. The van der Waals surface area contributed by atoms with Crippen LogP contribution >= 0.6 is 0 Å². The summed E-state index contributed by atoms with van der Waals surface area (Å²) in [5.74, 6) is 2.18. The third-order valence-corrected chi connectivity index (χ3v) is 5.80. The second-order valence-corrected chi connectivity index (χ2v) is 8.03. The van der Waals surface area contributed by atoms with Gasteiger partial charge in [0.2, 0.25) is 0 Å². The molecule has 31 heavy (non-hydrogen) atoms. The molecule has 2 aromatic heterocycles. The van der Waals surface area contributed by atoms with Crippen LogP contribution in [0.3, 0.4) is 0 Å². The van der Waals surface area contributed by atoms with Crippen LogP contribution in [0.4, 0.5) is 0 Å². The molecule has 158 valence electrons. The van der Waals surface area contributed by atoms with Crippen molar-refractivity contribution in [1.29, 1.82) is 0 Å². The topological polar surface area (TPSA) is 86.2 Å². The second kappa shape index (κ2) is 8.34. The number of carbonyl (C=O) groups excluding carboxylic acids is 1. The van der Waals surface area contributed by atoms with E-state index in [4.69, 9.17) is 9.47 Å². The second-order valence-electron chi connectivity index (χ2n) is 8.03. The molecule has 0 radical (unpaired) electrons. The van der Waals surface area contributed by atoms with E-state index in [9.17, 15) is 4.79 Å². The number of hydrogen-bond donors (Lipinski definition) is 1. The van der Waals surface area contributed by atoms with E-state index in [1.165, 1.54) is 6.42 Å². The molecule has 2 aliphatic rings. The fourth-order valence-electron chi connectivity index (χ4n) is 3.90. The molecular weight excluding hydrogens is 392 g/mol. The Morgan fingerprint density at radius 2 is 2.00 bits per heavy atom. The quantitative estimate of drug-likeness (QED) is 0.685. The van der Waals surface area contributed by atoms with E-state index in [0.717, 1.165) is 41.0 Å². The first-order chi connectivity index (χ1) is 15.2. The molecule has 7 heteroatoms. The molecule has 3 heterocycles. The summed E-state index contributed by atoms with van der Waals surface area (Å²) >= 11 is 0. The fraction of sp³-hybridized carbons (Fsp3) is 0.333. The summed E-state index contributed by atoms with van der Waals surface area (Å²) in [5.41, 5.74) is 3.37. The number of benzene rings is 1. The number of amides is 1. The summed E-state index contributed by atoms with van der Waals surface area (Å²) in [6, 6.07) is 7.27. The summed E-state index contributed by atoms with van der Waals surface area (Å²) in [5, 5.41) is 3.07. The standard InChI is InChI=1S/C24H24N4O3/c1-15-26-12-17(13-27-15)23-20-10-18(28-24(29)16-4-3-9-25-11-16)14-30-21(20)7-8-22(23)31-19-5-2-6-19/h3-4,7-9,11-13,18-19H,2,5-6,10,14H2,1H3,(H,28,29)/t18-/m0/s1. The zero-order valence-corrected chi connectivity index (χ0v) is 17.4. The van der Waals surface area contributed by atoms with Gasteiger partial charge in [-0.25, -0.2) is 9.97 Å².